The van der Waals surface area contributed by atoms with Crippen LogP contribution in [0.4, 0.5) is 15.0 Å². The molecule has 1 rings (SSSR count). The maximum Gasteiger partial charge on any atom is 0.408 e. The average Bonchev–Trinajstić information content (AvgIpc) is 2.47. The molecule has 0 bridgehead atoms. The predicted molar refractivity (Wildman–Crippen MR) is 101 cm³/mol. The van der Waals surface area contributed by atoms with E-state index in [2.05, 4.69) is 10.3 Å². The molecule has 1 aromatic heterocycles. The lowest BCUT2D eigenvalue weighted by Crippen LogP contribution is -2.52. The van der Waals surface area contributed by atoms with Crippen LogP contribution in [-0.4, -0.2) is 47.9 Å². The van der Waals surface area contributed by atoms with Crippen LogP contribution < -0.4 is 10.2 Å². The fraction of sp³-hybridized carbons (Fsp3) is 0.611. The molecule has 0 fully saturated rings. The van der Waals surface area contributed by atoms with Gasteiger partial charge in [-0.05, 0) is 47.6 Å². The fourth-order valence-corrected chi connectivity index (χ4v) is 2.09. The first-order valence-electron chi connectivity index (χ1n) is 8.42. The summed E-state index contributed by atoms with van der Waals surface area (Å²) in [6, 6.07) is -0.0451. The maximum atomic E-state index is 14.1. The lowest BCUT2D eigenvalue weighted by molar-refractivity contribution is -0.123. The molecule has 0 aliphatic carbocycles. The number of nitrogens with one attached hydrogen (secondary N) is 1. The molecule has 1 atom stereocenters. The summed E-state index contributed by atoms with van der Waals surface area (Å²) in [6.45, 7) is 10.4. The van der Waals surface area contributed by atoms with Crippen molar-refractivity contribution in [3.8, 4) is 0 Å². The summed E-state index contributed by atoms with van der Waals surface area (Å²) in [5.74, 6) is -1.58. The minimum Gasteiger partial charge on any atom is -0.444 e. The fourth-order valence-electron chi connectivity index (χ4n) is 1.95. The van der Waals surface area contributed by atoms with Gasteiger partial charge in [-0.25, -0.2) is 14.2 Å². The van der Waals surface area contributed by atoms with Crippen LogP contribution in [0.5, 0.6) is 0 Å². The van der Waals surface area contributed by atoms with E-state index < -0.39 is 35.1 Å². The summed E-state index contributed by atoms with van der Waals surface area (Å²) in [7, 11) is 1.35. The molecule has 1 heterocycles. The topological polar surface area (TPSA) is 80.8 Å². The first-order chi connectivity index (χ1) is 12.2. The first kappa shape index (κ1) is 23.1. The maximum absolute atomic E-state index is 14.1. The normalized spacial score (nSPS) is 13.1. The molecule has 0 spiro atoms. The second-order valence-electron chi connectivity index (χ2n) is 7.98. The van der Waals surface area contributed by atoms with E-state index in [1.165, 1.54) is 13.2 Å². The molecule has 0 saturated heterocycles. The number of hydrogen-bond acceptors (Lipinski definition) is 5. The van der Waals surface area contributed by atoms with Crippen LogP contribution in [-0.2, 0) is 14.3 Å². The number of ether oxygens (including phenoxy) is 2. The van der Waals surface area contributed by atoms with Gasteiger partial charge >= 0.3 is 6.09 Å². The number of nitrogens with zero attached hydrogens (tertiary/aromatic N) is 2. The van der Waals surface area contributed by atoms with Crippen molar-refractivity contribution in [2.45, 2.75) is 58.8 Å². The highest BCUT2D eigenvalue weighted by atomic mass is 35.5. The van der Waals surface area contributed by atoms with Gasteiger partial charge in [0.05, 0.1) is 17.2 Å². The molecular weight excluding hydrogens is 377 g/mol. The number of rotatable bonds is 5. The van der Waals surface area contributed by atoms with E-state index in [0.717, 1.165) is 11.0 Å². The Morgan fingerprint density at radius 2 is 1.85 bits per heavy atom. The SMILES string of the molecule is CN(C(=O)[C@H](COC(C)(C)C)NC(=O)OC(C)(C)C)c1ncc(Cl)cc1F. The van der Waals surface area contributed by atoms with E-state index in [1.54, 1.807) is 20.8 Å². The number of aromatic nitrogens is 1. The van der Waals surface area contributed by atoms with Gasteiger partial charge in [0, 0.05) is 13.2 Å². The van der Waals surface area contributed by atoms with E-state index in [9.17, 15) is 14.0 Å². The van der Waals surface area contributed by atoms with Crippen molar-refractivity contribution in [1.82, 2.24) is 10.3 Å². The molecule has 0 aromatic carbocycles. The van der Waals surface area contributed by atoms with Crippen LogP contribution in [0.1, 0.15) is 41.5 Å². The molecular formula is C18H27ClFN3O4. The zero-order chi connectivity index (χ0) is 21.0. The Labute approximate surface area is 164 Å². The molecule has 0 aliphatic heterocycles. The molecule has 27 heavy (non-hydrogen) atoms. The zero-order valence-electron chi connectivity index (χ0n) is 16.7. The minimum absolute atomic E-state index is 0.108. The van der Waals surface area contributed by atoms with E-state index in [0.29, 0.717) is 0 Å². The highest BCUT2D eigenvalue weighted by molar-refractivity contribution is 6.30. The van der Waals surface area contributed by atoms with Crippen LogP contribution in [0.15, 0.2) is 12.3 Å². The summed E-state index contributed by atoms with van der Waals surface area (Å²) < 4.78 is 24.9. The Morgan fingerprint density at radius 3 is 2.33 bits per heavy atom. The third-order valence-electron chi connectivity index (χ3n) is 3.11. The van der Waals surface area contributed by atoms with Crippen molar-refractivity contribution in [3.63, 3.8) is 0 Å². The van der Waals surface area contributed by atoms with Gasteiger partial charge in [-0.15, -0.1) is 0 Å². The van der Waals surface area contributed by atoms with Crippen LogP contribution in [0.3, 0.4) is 0 Å². The van der Waals surface area contributed by atoms with Crippen molar-refractivity contribution in [2.24, 2.45) is 0 Å². The third kappa shape index (κ3) is 8.09. The number of likely N-dealkylation sites (N-methyl/N-ethyl adjacent to an activating group) is 1. The van der Waals surface area contributed by atoms with Crippen LogP contribution >= 0.6 is 11.6 Å². The zero-order valence-corrected chi connectivity index (χ0v) is 17.5. The third-order valence-corrected chi connectivity index (χ3v) is 3.32. The molecule has 2 amide bonds. The van der Waals surface area contributed by atoms with Crippen LogP contribution in [0.25, 0.3) is 0 Å². The highest BCUT2D eigenvalue weighted by Crippen LogP contribution is 2.20. The number of halogens is 2. The van der Waals surface area contributed by atoms with Gasteiger partial charge in [-0.2, -0.15) is 0 Å². The monoisotopic (exact) mass is 403 g/mol. The highest BCUT2D eigenvalue weighted by Gasteiger charge is 2.30. The number of amides is 2. The number of carbonyl (C=O) groups is 2. The van der Waals surface area contributed by atoms with Gasteiger partial charge in [-0.3, -0.25) is 9.69 Å². The number of hydrogen-bond donors (Lipinski definition) is 1. The Hall–Kier alpha value is -1.93. The standard InChI is InChI=1S/C18H27ClFN3O4/c1-17(2,3)26-10-13(22-16(25)27-18(4,5)6)15(24)23(7)14-12(20)8-11(19)9-21-14/h8-9,13H,10H2,1-7H3,(H,22,25)/t13-/m0/s1. The van der Waals surface area contributed by atoms with Crippen LogP contribution in [0.2, 0.25) is 5.02 Å². The summed E-state index contributed by atoms with van der Waals surface area (Å²) in [5.41, 5.74) is -1.28. The van der Waals surface area contributed by atoms with E-state index >= 15 is 0 Å². The molecule has 9 heteroatoms. The van der Waals surface area contributed by atoms with Crippen molar-refractivity contribution in [1.29, 1.82) is 0 Å². The van der Waals surface area contributed by atoms with Crippen LogP contribution in [0, 0.1) is 5.82 Å². The predicted octanol–water partition coefficient (Wildman–Crippen LogP) is 3.55. The number of alkyl carbamates (subject to hydrolysis) is 1. The smallest absolute Gasteiger partial charge is 0.408 e. The van der Waals surface area contributed by atoms with Gasteiger partial charge in [0.2, 0.25) is 0 Å². The summed E-state index contributed by atoms with van der Waals surface area (Å²) in [6.07, 6.45) is 0.447. The summed E-state index contributed by atoms with van der Waals surface area (Å²) >= 11 is 5.69. The molecule has 7 nitrogen and oxygen atoms in total. The average molecular weight is 404 g/mol. The quantitative estimate of drug-likeness (QED) is 0.813. The van der Waals surface area contributed by atoms with Gasteiger partial charge in [0.25, 0.3) is 5.91 Å². The van der Waals surface area contributed by atoms with E-state index in [1.807, 2.05) is 20.8 Å². The molecule has 152 valence electrons. The largest absolute Gasteiger partial charge is 0.444 e. The lowest BCUT2D eigenvalue weighted by Gasteiger charge is -2.28. The molecule has 0 radical (unpaired) electrons. The van der Waals surface area contributed by atoms with E-state index in [4.69, 9.17) is 21.1 Å². The number of pyridine rings is 1. The second kappa shape index (κ2) is 8.84. The van der Waals surface area contributed by atoms with Crippen molar-refractivity contribution < 1.29 is 23.5 Å². The minimum atomic E-state index is -1.10. The molecule has 1 aromatic rings. The Bertz CT molecular complexity index is 686. The molecule has 1 N–H and O–H groups in total. The molecule has 0 unspecified atom stereocenters. The van der Waals surface area contributed by atoms with Gasteiger partial charge < -0.3 is 14.8 Å². The number of carbonyl (C=O) groups excluding carboxylic acids is 2. The van der Waals surface area contributed by atoms with Crippen molar-refractivity contribution in [3.05, 3.63) is 23.1 Å². The first-order valence-corrected chi connectivity index (χ1v) is 8.79. The summed E-state index contributed by atoms with van der Waals surface area (Å²) in [5, 5.41) is 2.58. The van der Waals surface area contributed by atoms with Crippen molar-refractivity contribution in [2.75, 3.05) is 18.6 Å². The molecule has 0 aliphatic rings. The Kier molecular flexibility index (Phi) is 7.57. The van der Waals surface area contributed by atoms with Gasteiger partial charge in [-0.1, -0.05) is 11.6 Å². The second-order valence-corrected chi connectivity index (χ2v) is 8.41. The molecule has 0 saturated carbocycles. The van der Waals surface area contributed by atoms with Gasteiger partial charge in [0.1, 0.15) is 11.6 Å². The van der Waals surface area contributed by atoms with E-state index in [-0.39, 0.29) is 17.4 Å². The van der Waals surface area contributed by atoms with Crippen molar-refractivity contribution >= 4 is 29.4 Å². The number of anilines is 1. The lowest BCUT2D eigenvalue weighted by atomic mass is 10.2. The summed E-state index contributed by atoms with van der Waals surface area (Å²) in [4.78, 5) is 29.8. The Balaban J connectivity index is 3.01. The Morgan fingerprint density at radius 1 is 1.26 bits per heavy atom. The van der Waals surface area contributed by atoms with Gasteiger partial charge in [0.15, 0.2) is 11.6 Å².